The van der Waals surface area contributed by atoms with Crippen LogP contribution >= 0.6 is 27.3 Å². The number of nitrogens with one attached hydrogen (secondary N) is 1. The molecule has 1 aliphatic heterocycles. The van der Waals surface area contributed by atoms with Crippen molar-refractivity contribution in [2.75, 3.05) is 11.9 Å². The molecule has 19 heavy (non-hydrogen) atoms. The molecule has 9 heteroatoms. The number of rotatable bonds is 1. The van der Waals surface area contributed by atoms with Crippen molar-refractivity contribution >= 4 is 33.1 Å². The van der Waals surface area contributed by atoms with E-state index in [1.807, 2.05) is 0 Å². The van der Waals surface area contributed by atoms with E-state index in [0.29, 0.717) is 18.8 Å². The molecular weight excluding hydrogens is 345 g/mol. The molecule has 2 aromatic rings. The third-order valence-corrected chi connectivity index (χ3v) is 4.49. The van der Waals surface area contributed by atoms with Crippen molar-refractivity contribution in [3.63, 3.8) is 0 Å². The van der Waals surface area contributed by atoms with Gasteiger partial charge in [-0.05, 0) is 22.4 Å². The molecule has 102 valence electrons. The smallest absolute Gasteiger partial charge is 0.369 e. The zero-order valence-electron chi connectivity index (χ0n) is 9.41. The average molecular weight is 353 g/mol. The van der Waals surface area contributed by atoms with E-state index in [0.717, 1.165) is 5.01 Å². The highest BCUT2D eigenvalue weighted by atomic mass is 79.9. The number of nitrogens with zero attached hydrogens (tertiary/aromatic N) is 3. The summed E-state index contributed by atoms with van der Waals surface area (Å²) in [6.07, 6.45) is -2.17. The van der Waals surface area contributed by atoms with Gasteiger partial charge in [0, 0.05) is 18.1 Å². The van der Waals surface area contributed by atoms with E-state index in [-0.39, 0.29) is 10.5 Å². The maximum Gasteiger partial charge on any atom is 0.436 e. The van der Waals surface area contributed by atoms with Gasteiger partial charge >= 0.3 is 6.18 Å². The summed E-state index contributed by atoms with van der Waals surface area (Å²) in [7, 11) is 0. The highest BCUT2D eigenvalue weighted by Crippen LogP contribution is 2.42. The van der Waals surface area contributed by atoms with Gasteiger partial charge in [0.1, 0.15) is 16.9 Å². The van der Waals surface area contributed by atoms with Crippen LogP contribution in [0, 0.1) is 0 Å². The summed E-state index contributed by atoms with van der Waals surface area (Å²) >= 11 is 4.40. The molecule has 0 aliphatic carbocycles. The van der Waals surface area contributed by atoms with Gasteiger partial charge in [0.25, 0.3) is 0 Å². The molecule has 0 aromatic carbocycles. The van der Waals surface area contributed by atoms with Crippen LogP contribution in [0.2, 0.25) is 0 Å². The molecule has 4 nitrogen and oxygen atoms in total. The maximum atomic E-state index is 12.9. The minimum absolute atomic E-state index is 0.0405. The number of alkyl halides is 3. The Kier molecular flexibility index (Phi) is 3.05. The minimum Gasteiger partial charge on any atom is -0.369 e. The first-order valence-corrected chi connectivity index (χ1v) is 7.14. The Hall–Kier alpha value is -1.09. The highest BCUT2D eigenvalue weighted by molar-refractivity contribution is 9.10. The molecule has 0 radical (unpaired) electrons. The number of hydrogen-bond acceptors (Lipinski definition) is 4. The average Bonchev–Trinajstić information content (AvgIpc) is 2.96. The zero-order valence-corrected chi connectivity index (χ0v) is 11.8. The number of fused-ring (bicyclic) bond motifs is 1. The molecule has 0 spiro atoms. The van der Waals surface area contributed by atoms with E-state index < -0.39 is 11.9 Å². The molecule has 0 saturated carbocycles. The van der Waals surface area contributed by atoms with E-state index in [1.54, 1.807) is 11.6 Å². The minimum atomic E-state index is -4.47. The van der Waals surface area contributed by atoms with Gasteiger partial charge in [-0.3, -0.25) is 0 Å². The first kappa shape index (κ1) is 12.9. The Morgan fingerprint density at radius 1 is 1.47 bits per heavy atom. The van der Waals surface area contributed by atoms with Gasteiger partial charge in [-0.2, -0.15) is 18.3 Å². The Morgan fingerprint density at radius 3 is 2.89 bits per heavy atom. The third kappa shape index (κ3) is 2.14. The fourth-order valence-corrected chi connectivity index (χ4v) is 3.44. The van der Waals surface area contributed by atoms with Gasteiger partial charge in [0.2, 0.25) is 0 Å². The van der Waals surface area contributed by atoms with E-state index in [1.165, 1.54) is 16.0 Å². The molecule has 1 aliphatic rings. The molecule has 0 amide bonds. The summed E-state index contributed by atoms with van der Waals surface area (Å²) in [5.74, 6) is 0.360. The Morgan fingerprint density at radius 2 is 2.26 bits per heavy atom. The van der Waals surface area contributed by atoms with Gasteiger partial charge < -0.3 is 5.32 Å². The lowest BCUT2D eigenvalue weighted by atomic mass is 10.2. The molecule has 0 saturated heterocycles. The van der Waals surface area contributed by atoms with Crippen LogP contribution < -0.4 is 5.32 Å². The summed E-state index contributed by atoms with van der Waals surface area (Å²) in [6, 6.07) is -0.247. The van der Waals surface area contributed by atoms with Crippen molar-refractivity contribution in [3.8, 4) is 0 Å². The molecular formula is C10H8BrF3N4S. The lowest BCUT2D eigenvalue weighted by molar-refractivity contribution is -0.142. The van der Waals surface area contributed by atoms with Crippen molar-refractivity contribution in [1.29, 1.82) is 0 Å². The van der Waals surface area contributed by atoms with Gasteiger partial charge in [-0.25, -0.2) is 9.67 Å². The molecule has 3 heterocycles. The van der Waals surface area contributed by atoms with Crippen LogP contribution in [0.1, 0.15) is 23.2 Å². The van der Waals surface area contributed by atoms with Gasteiger partial charge in [-0.1, -0.05) is 0 Å². The van der Waals surface area contributed by atoms with Crippen LogP contribution in [0.4, 0.5) is 19.0 Å². The molecule has 1 unspecified atom stereocenters. The monoisotopic (exact) mass is 352 g/mol. The van der Waals surface area contributed by atoms with Crippen LogP contribution in [0.5, 0.6) is 0 Å². The largest absolute Gasteiger partial charge is 0.436 e. The Balaban J connectivity index is 2.11. The topological polar surface area (TPSA) is 42.7 Å². The second-order valence-electron chi connectivity index (χ2n) is 4.06. The van der Waals surface area contributed by atoms with Crippen LogP contribution in [-0.2, 0) is 6.18 Å². The van der Waals surface area contributed by atoms with Gasteiger partial charge in [-0.15, -0.1) is 11.3 Å². The number of halogens is 4. The Labute approximate surface area is 118 Å². The number of anilines is 1. The SMILES string of the molecule is FC(F)(F)c1nn2c(c1Br)NCCC2c1nccs1. The van der Waals surface area contributed by atoms with Crippen molar-refractivity contribution in [1.82, 2.24) is 14.8 Å². The number of thiazole rings is 1. The van der Waals surface area contributed by atoms with E-state index >= 15 is 0 Å². The lowest BCUT2D eigenvalue weighted by Gasteiger charge is -2.24. The zero-order chi connectivity index (χ0) is 13.6. The fourth-order valence-electron chi connectivity index (χ4n) is 2.06. The van der Waals surface area contributed by atoms with Crippen molar-refractivity contribution < 1.29 is 13.2 Å². The number of hydrogen-bond donors (Lipinski definition) is 1. The van der Waals surface area contributed by atoms with E-state index in [4.69, 9.17) is 0 Å². The van der Waals surface area contributed by atoms with E-state index in [9.17, 15) is 13.2 Å². The normalized spacial score (nSPS) is 19.1. The van der Waals surface area contributed by atoms with Gasteiger partial charge in [0.05, 0.1) is 4.47 Å². The van der Waals surface area contributed by atoms with Crippen molar-refractivity contribution in [2.24, 2.45) is 0 Å². The predicted octanol–water partition coefficient (Wildman–Crippen LogP) is 3.53. The standard InChI is InChI=1S/C10H8BrF3N4S/c11-6-7(10(12,13)14)17-18-5(1-2-15-8(6)18)9-16-3-4-19-9/h3-5,15H,1-2H2. The summed E-state index contributed by atoms with van der Waals surface area (Å²) in [6.45, 7) is 0.589. The van der Waals surface area contributed by atoms with Crippen molar-refractivity contribution in [2.45, 2.75) is 18.6 Å². The first-order chi connectivity index (χ1) is 8.98. The molecule has 0 fully saturated rings. The predicted molar refractivity (Wildman–Crippen MR) is 68.3 cm³/mol. The van der Waals surface area contributed by atoms with Gasteiger partial charge in [0.15, 0.2) is 5.69 Å². The molecule has 3 rings (SSSR count). The number of aromatic nitrogens is 3. The first-order valence-electron chi connectivity index (χ1n) is 5.47. The molecule has 2 aromatic heterocycles. The summed E-state index contributed by atoms with van der Waals surface area (Å²) in [4.78, 5) is 4.17. The third-order valence-electron chi connectivity index (χ3n) is 2.86. The summed E-state index contributed by atoms with van der Waals surface area (Å²) < 4.78 is 39.9. The van der Waals surface area contributed by atoms with Crippen LogP contribution in [0.25, 0.3) is 0 Å². The van der Waals surface area contributed by atoms with Crippen molar-refractivity contribution in [3.05, 3.63) is 26.8 Å². The maximum absolute atomic E-state index is 12.9. The Bertz CT molecular complexity index is 593. The quantitative estimate of drug-likeness (QED) is 0.853. The van der Waals surface area contributed by atoms with Crippen LogP contribution in [-0.4, -0.2) is 21.3 Å². The van der Waals surface area contributed by atoms with E-state index in [2.05, 4.69) is 31.3 Å². The van der Waals surface area contributed by atoms with Crippen LogP contribution in [0.15, 0.2) is 16.0 Å². The second-order valence-corrected chi connectivity index (χ2v) is 5.77. The molecule has 0 bridgehead atoms. The lowest BCUT2D eigenvalue weighted by Crippen LogP contribution is -2.24. The fraction of sp³-hybridized carbons (Fsp3) is 0.400. The van der Waals surface area contributed by atoms with Crippen LogP contribution in [0.3, 0.4) is 0 Å². The molecule has 1 N–H and O–H groups in total. The molecule has 1 atom stereocenters. The second kappa shape index (κ2) is 4.48. The highest BCUT2D eigenvalue weighted by Gasteiger charge is 2.40. The summed E-state index contributed by atoms with van der Waals surface area (Å²) in [5.41, 5.74) is -0.904. The summed E-state index contributed by atoms with van der Waals surface area (Å²) in [5, 5.41) is 9.23.